The molecular weight excluding hydrogens is 294 g/mol. The van der Waals surface area contributed by atoms with Crippen LogP contribution in [0.4, 0.5) is 0 Å². The van der Waals surface area contributed by atoms with E-state index in [9.17, 15) is 4.79 Å². The van der Waals surface area contributed by atoms with Crippen molar-refractivity contribution < 1.29 is 9.53 Å². The van der Waals surface area contributed by atoms with Crippen molar-refractivity contribution in [2.45, 2.75) is 13.0 Å². The Morgan fingerprint density at radius 3 is 2.61 bits per heavy atom. The third-order valence-electron chi connectivity index (χ3n) is 2.50. The Kier molecular flexibility index (Phi) is 6.68. The SMILES string of the molecule is C=C(Br)CN(CCC(=O)OC)Cc1ccccc1. The second-order valence-corrected chi connectivity index (χ2v) is 5.16. The predicted octanol–water partition coefficient (Wildman–Crippen LogP) is 2.96. The first-order valence-corrected chi connectivity index (χ1v) is 6.57. The van der Waals surface area contributed by atoms with Crippen molar-refractivity contribution in [3.63, 3.8) is 0 Å². The molecule has 0 saturated carbocycles. The summed E-state index contributed by atoms with van der Waals surface area (Å²) in [5.74, 6) is -0.187. The standard InChI is InChI=1S/C14H18BrNO2/c1-12(15)10-16(9-8-14(17)18-2)11-13-6-4-3-5-7-13/h3-7H,1,8-11H2,2H3. The highest BCUT2D eigenvalue weighted by atomic mass is 79.9. The molecule has 0 atom stereocenters. The largest absolute Gasteiger partial charge is 0.469 e. The summed E-state index contributed by atoms with van der Waals surface area (Å²) in [6, 6.07) is 10.2. The summed E-state index contributed by atoms with van der Waals surface area (Å²) in [4.78, 5) is 13.3. The molecular formula is C14H18BrNO2. The van der Waals surface area contributed by atoms with Gasteiger partial charge in [-0.3, -0.25) is 9.69 Å². The molecule has 0 aliphatic rings. The summed E-state index contributed by atoms with van der Waals surface area (Å²) in [6.07, 6.45) is 0.392. The Hall–Kier alpha value is -1.13. The van der Waals surface area contributed by atoms with Crippen molar-refractivity contribution in [2.24, 2.45) is 0 Å². The van der Waals surface area contributed by atoms with Gasteiger partial charge in [0, 0.05) is 24.1 Å². The van der Waals surface area contributed by atoms with E-state index < -0.39 is 0 Å². The van der Waals surface area contributed by atoms with E-state index in [2.05, 4.69) is 44.3 Å². The Balaban J connectivity index is 2.55. The molecule has 4 heteroatoms. The zero-order valence-corrected chi connectivity index (χ0v) is 12.1. The molecule has 1 aromatic rings. The van der Waals surface area contributed by atoms with Crippen molar-refractivity contribution >= 4 is 21.9 Å². The third-order valence-corrected chi connectivity index (χ3v) is 2.75. The van der Waals surface area contributed by atoms with Gasteiger partial charge in [0.15, 0.2) is 0 Å². The van der Waals surface area contributed by atoms with E-state index in [-0.39, 0.29) is 5.97 Å². The molecule has 0 fully saturated rings. The van der Waals surface area contributed by atoms with Gasteiger partial charge in [0.25, 0.3) is 0 Å². The highest BCUT2D eigenvalue weighted by Gasteiger charge is 2.09. The molecule has 1 aromatic carbocycles. The van der Waals surface area contributed by atoms with Crippen LogP contribution in [0.25, 0.3) is 0 Å². The first-order valence-electron chi connectivity index (χ1n) is 5.78. The number of esters is 1. The number of nitrogens with zero attached hydrogens (tertiary/aromatic N) is 1. The second-order valence-electron chi connectivity index (χ2n) is 4.04. The van der Waals surface area contributed by atoms with Crippen LogP contribution in [0.2, 0.25) is 0 Å². The van der Waals surface area contributed by atoms with Crippen LogP contribution < -0.4 is 0 Å². The lowest BCUT2D eigenvalue weighted by atomic mass is 10.2. The molecule has 0 aromatic heterocycles. The molecule has 0 aliphatic heterocycles. The van der Waals surface area contributed by atoms with E-state index in [1.807, 2.05) is 18.2 Å². The van der Waals surface area contributed by atoms with E-state index in [1.54, 1.807) is 0 Å². The van der Waals surface area contributed by atoms with E-state index in [0.717, 1.165) is 11.0 Å². The maximum atomic E-state index is 11.2. The van der Waals surface area contributed by atoms with Gasteiger partial charge >= 0.3 is 5.97 Å². The van der Waals surface area contributed by atoms with Crippen molar-refractivity contribution in [3.05, 3.63) is 47.0 Å². The zero-order valence-electron chi connectivity index (χ0n) is 10.6. The monoisotopic (exact) mass is 311 g/mol. The average molecular weight is 312 g/mol. The van der Waals surface area contributed by atoms with Crippen LogP contribution in [0.15, 0.2) is 41.4 Å². The number of carbonyl (C=O) groups excluding carboxylic acids is 1. The average Bonchev–Trinajstić information content (AvgIpc) is 2.36. The molecule has 98 valence electrons. The molecule has 0 radical (unpaired) electrons. The number of ether oxygens (including phenoxy) is 1. The topological polar surface area (TPSA) is 29.5 Å². The minimum Gasteiger partial charge on any atom is -0.469 e. The fraction of sp³-hybridized carbons (Fsp3) is 0.357. The fourth-order valence-corrected chi connectivity index (χ4v) is 2.00. The van der Waals surface area contributed by atoms with Crippen LogP contribution in [-0.4, -0.2) is 31.1 Å². The smallest absolute Gasteiger partial charge is 0.306 e. The second kappa shape index (κ2) is 8.06. The molecule has 1 rings (SSSR count). The number of benzene rings is 1. The van der Waals surface area contributed by atoms with Crippen molar-refractivity contribution in [3.8, 4) is 0 Å². The van der Waals surface area contributed by atoms with Gasteiger partial charge in [-0.15, -0.1) is 0 Å². The van der Waals surface area contributed by atoms with Crippen molar-refractivity contribution in [1.82, 2.24) is 4.90 Å². The Labute approximate surface area is 117 Å². The number of hydrogen-bond acceptors (Lipinski definition) is 3. The van der Waals surface area contributed by atoms with Crippen LogP contribution in [-0.2, 0) is 16.1 Å². The lowest BCUT2D eigenvalue weighted by Gasteiger charge is -2.21. The van der Waals surface area contributed by atoms with Gasteiger partial charge < -0.3 is 4.74 Å². The molecule has 18 heavy (non-hydrogen) atoms. The van der Waals surface area contributed by atoms with E-state index in [0.29, 0.717) is 19.5 Å². The number of methoxy groups -OCH3 is 1. The maximum Gasteiger partial charge on any atom is 0.306 e. The van der Waals surface area contributed by atoms with Gasteiger partial charge in [-0.05, 0) is 5.56 Å². The Morgan fingerprint density at radius 1 is 1.39 bits per heavy atom. The quantitative estimate of drug-likeness (QED) is 0.725. The number of rotatable bonds is 7. The Bertz CT molecular complexity index is 392. The van der Waals surface area contributed by atoms with Crippen LogP contribution in [0, 0.1) is 0 Å². The van der Waals surface area contributed by atoms with Gasteiger partial charge in [-0.1, -0.05) is 52.8 Å². The molecule has 0 spiro atoms. The molecule has 0 bridgehead atoms. The van der Waals surface area contributed by atoms with Gasteiger partial charge in [-0.25, -0.2) is 0 Å². The van der Waals surface area contributed by atoms with Crippen molar-refractivity contribution in [2.75, 3.05) is 20.2 Å². The first kappa shape index (κ1) is 14.9. The highest BCUT2D eigenvalue weighted by Crippen LogP contribution is 2.10. The summed E-state index contributed by atoms with van der Waals surface area (Å²) in [5.41, 5.74) is 1.22. The fourth-order valence-electron chi connectivity index (χ4n) is 1.65. The third kappa shape index (κ3) is 5.98. The van der Waals surface area contributed by atoms with Crippen LogP contribution in [0.5, 0.6) is 0 Å². The molecule has 3 nitrogen and oxygen atoms in total. The van der Waals surface area contributed by atoms with Gasteiger partial charge in [0.1, 0.15) is 0 Å². The Morgan fingerprint density at radius 2 is 2.06 bits per heavy atom. The van der Waals surface area contributed by atoms with Crippen LogP contribution >= 0.6 is 15.9 Å². The highest BCUT2D eigenvalue weighted by molar-refractivity contribution is 9.11. The minimum atomic E-state index is -0.187. The summed E-state index contributed by atoms with van der Waals surface area (Å²) >= 11 is 3.36. The summed E-state index contributed by atoms with van der Waals surface area (Å²) in [7, 11) is 1.41. The summed E-state index contributed by atoms with van der Waals surface area (Å²) in [5, 5.41) is 0. The zero-order chi connectivity index (χ0) is 13.4. The van der Waals surface area contributed by atoms with Crippen LogP contribution in [0.3, 0.4) is 0 Å². The molecule has 0 unspecified atom stereocenters. The van der Waals surface area contributed by atoms with Gasteiger partial charge in [0.2, 0.25) is 0 Å². The molecule has 0 heterocycles. The first-order chi connectivity index (χ1) is 8.61. The minimum absolute atomic E-state index is 0.187. The van der Waals surface area contributed by atoms with E-state index in [4.69, 9.17) is 0 Å². The van der Waals surface area contributed by atoms with Gasteiger partial charge in [0.05, 0.1) is 13.5 Å². The number of halogens is 1. The predicted molar refractivity (Wildman–Crippen MR) is 76.4 cm³/mol. The van der Waals surface area contributed by atoms with E-state index >= 15 is 0 Å². The lowest BCUT2D eigenvalue weighted by molar-refractivity contribution is -0.141. The molecule has 0 N–H and O–H groups in total. The van der Waals surface area contributed by atoms with Crippen molar-refractivity contribution in [1.29, 1.82) is 0 Å². The summed E-state index contributed by atoms with van der Waals surface area (Å²) < 4.78 is 5.56. The normalized spacial score (nSPS) is 10.4. The number of hydrogen-bond donors (Lipinski definition) is 0. The van der Waals surface area contributed by atoms with Crippen LogP contribution in [0.1, 0.15) is 12.0 Å². The molecule has 0 amide bonds. The molecule has 0 saturated heterocycles. The van der Waals surface area contributed by atoms with Gasteiger partial charge in [-0.2, -0.15) is 0 Å². The maximum absolute atomic E-state index is 11.2. The lowest BCUT2D eigenvalue weighted by Crippen LogP contribution is -2.27. The molecule has 0 aliphatic carbocycles. The summed E-state index contributed by atoms with van der Waals surface area (Å²) in [6.45, 7) is 6.01. The van der Waals surface area contributed by atoms with E-state index in [1.165, 1.54) is 12.7 Å². The number of carbonyl (C=O) groups is 1.